The number of nitrogens with two attached hydrogens (primary N) is 1. The number of hydrogen-bond donors (Lipinski definition) is 1. The van der Waals surface area contributed by atoms with E-state index in [1.807, 2.05) is 0 Å². The molecule has 1 saturated heterocycles. The predicted octanol–water partition coefficient (Wildman–Crippen LogP) is 2.50. The van der Waals surface area contributed by atoms with Gasteiger partial charge in [0.2, 0.25) is 0 Å². The Labute approximate surface area is 103 Å². The summed E-state index contributed by atoms with van der Waals surface area (Å²) in [6, 6.07) is 4.76. The fourth-order valence-corrected chi connectivity index (χ4v) is 2.49. The van der Waals surface area contributed by atoms with Crippen molar-refractivity contribution in [2.45, 2.75) is 12.8 Å². The quantitative estimate of drug-likeness (QED) is 0.927. The molecule has 0 spiro atoms. The van der Waals surface area contributed by atoms with Gasteiger partial charge in [0, 0.05) is 23.0 Å². The Bertz CT molecular complexity index is 377. The number of ether oxygens (including phenoxy) is 1. The van der Waals surface area contributed by atoms with Gasteiger partial charge in [-0.05, 0) is 36.6 Å². The molecule has 0 saturated carbocycles. The minimum Gasteiger partial charge on any atom is -0.381 e. The van der Waals surface area contributed by atoms with Crippen LogP contribution in [0.15, 0.2) is 22.7 Å². The van der Waals surface area contributed by atoms with Crippen LogP contribution >= 0.6 is 15.9 Å². The Morgan fingerprint density at radius 2 is 2.31 bits per heavy atom. The number of hydrogen-bond acceptors (Lipinski definition) is 2. The van der Waals surface area contributed by atoms with E-state index in [1.54, 1.807) is 12.1 Å². The lowest BCUT2D eigenvalue weighted by Gasteiger charge is -2.25. The molecule has 88 valence electrons. The molecule has 2 nitrogen and oxygen atoms in total. The van der Waals surface area contributed by atoms with Gasteiger partial charge in [0.15, 0.2) is 0 Å². The van der Waals surface area contributed by atoms with Crippen molar-refractivity contribution in [1.82, 2.24) is 0 Å². The molecule has 1 heterocycles. The monoisotopic (exact) mass is 287 g/mol. The summed E-state index contributed by atoms with van der Waals surface area (Å²) in [6.45, 7) is 2.01. The van der Waals surface area contributed by atoms with Crippen molar-refractivity contribution in [3.8, 4) is 0 Å². The molecular weight excluding hydrogens is 273 g/mol. The normalized spacial score (nSPS) is 24.9. The molecule has 0 radical (unpaired) electrons. The fraction of sp³-hybridized carbons (Fsp3) is 0.500. The molecule has 0 aliphatic carbocycles. The van der Waals surface area contributed by atoms with E-state index in [-0.39, 0.29) is 11.2 Å². The van der Waals surface area contributed by atoms with Gasteiger partial charge in [0.1, 0.15) is 5.82 Å². The fourth-order valence-electron chi connectivity index (χ4n) is 2.10. The maximum absolute atomic E-state index is 13.2. The lowest BCUT2D eigenvalue weighted by molar-refractivity contribution is 0.154. The van der Waals surface area contributed by atoms with Crippen molar-refractivity contribution in [3.63, 3.8) is 0 Å². The Kier molecular flexibility index (Phi) is 3.62. The summed E-state index contributed by atoms with van der Waals surface area (Å²) in [5.74, 6) is -0.204. The van der Waals surface area contributed by atoms with E-state index in [0.717, 1.165) is 29.5 Å². The highest BCUT2D eigenvalue weighted by Gasteiger charge is 2.34. The van der Waals surface area contributed by atoms with Crippen LogP contribution in [0, 0.1) is 11.2 Å². The minimum absolute atomic E-state index is 0.0175. The maximum atomic E-state index is 13.2. The average Bonchev–Trinajstić information content (AvgIpc) is 2.73. The van der Waals surface area contributed by atoms with Crippen LogP contribution in [-0.2, 0) is 11.2 Å². The van der Waals surface area contributed by atoms with Gasteiger partial charge in [-0.15, -0.1) is 0 Å². The van der Waals surface area contributed by atoms with Crippen molar-refractivity contribution < 1.29 is 9.13 Å². The smallest absolute Gasteiger partial charge is 0.123 e. The van der Waals surface area contributed by atoms with E-state index in [9.17, 15) is 4.39 Å². The highest BCUT2D eigenvalue weighted by molar-refractivity contribution is 9.10. The van der Waals surface area contributed by atoms with Gasteiger partial charge < -0.3 is 10.5 Å². The molecule has 1 aliphatic rings. The van der Waals surface area contributed by atoms with Gasteiger partial charge in [-0.3, -0.25) is 0 Å². The van der Waals surface area contributed by atoms with Crippen LogP contribution in [0.25, 0.3) is 0 Å². The van der Waals surface area contributed by atoms with Crippen LogP contribution in [-0.4, -0.2) is 19.8 Å². The van der Waals surface area contributed by atoms with E-state index >= 15 is 0 Å². The SMILES string of the molecule is NCC1(Cc2cc(F)ccc2Br)CCOC1. The first-order valence-corrected chi connectivity index (χ1v) is 6.16. The molecule has 0 aromatic heterocycles. The Morgan fingerprint density at radius 1 is 1.50 bits per heavy atom. The molecule has 1 fully saturated rings. The zero-order valence-corrected chi connectivity index (χ0v) is 10.6. The maximum Gasteiger partial charge on any atom is 0.123 e. The van der Waals surface area contributed by atoms with Gasteiger partial charge in [-0.2, -0.15) is 0 Å². The van der Waals surface area contributed by atoms with Gasteiger partial charge in [-0.25, -0.2) is 4.39 Å². The molecule has 1 aromatic carbocycles. The third kappa shape index (κ3) is 2.44. The molecule has 1 atom stereocenters. The van der Waals surface area contributed by atoms with Crippen LogP contribution in [0.5, 0.6) is 0 Å². The lowest BCUT2D eigenvalue weighted by Crippen LogP contribution is -2.33. The third-order valence-corrected chi connectivity index (χ3v) is 3.96. The van der Waals surface area contributed by atoms with Crippen LogP contribution < -0.4 is 5.73 Å². The van der Waals surface area contributed by atoms with Gasteiger partial charge in [0.25, 0.3) is 0 Å². The number of halogens is 2. The van der Waals surface area contributed by atoms with Crippen LogP contribution in [0.2, 0.25) is 0 Å². The van der Waals surface area contributed by atoms with E-state index in [0.29, 0.717) is 13.2 Å². The second-order valence-corrected chi connectivity index (χ2v) is 5.27. The Balaban J connectivity index is 2.21. The molecule has 0 amide bonds. The highest BCUT2D eigenvalue weighted by Crippen LogP contribution is 2.34. The average molecular weight is 288 g/mol. The van der Waals surface area contributed by atoms with Crippen molar-refractivity contribution in [2.75, 3.05) is 19.8 Å². The molecule has 2 N–H and O–H groups in total. The molecule has 1 unspecified atom stereocenters. The third-order valence-electron chi connectivity index (χ3n) is 3.19. The zero-order valence-electron chi connectivity index (χ0n) is 9.01. The summed E-state index contributed by atoms with van der Waals surface area (Å²) in [7, 11) is 0. The van der Waals surface area contributed by atoms with Crippen molar-refractivity contribution >= 4 is 15.9 Å². The summed E-state index contributed by atoms with van der Waals surface area (Å²) in [4.78, 5) is 0. The first kappa shape index (κ1) is 12.0. The lowest BCUT2D eigenvalue weighted by atomic mass is 9.81. The Morgan fingerprint density at radius 3 is 2.94 bits per heavy atom. The van der Waals surface area contributed by atoms with Crippen molar-refractivity contribution in [1.29, 1.82) is 0 Å². The zero-order chi connectivity index (χ0) is 11.6. The summed E-state index contributed by atoms with van der Waals surface area (Å²) < 4.78 is 19.5. The molecule has 16 heavy (non-hydrogen) atoms. The largest absolute Gasteiger partial charge is 0.381 e. The summed E-state index contributed by atoms with van der Waals surface area (Å²) in [5, 5.41) is 0. The topological polar surface area (TPSA) is 35.2 Å². The molecule has 1 aromatic rings. The number of benzene rings is 1. The van der Waals surface area contributed by atoms with Crippen molar-refractivity contribution in [2.24, 2.45) is 11.1 Å². The minimum atomic E-state index is -0.204. The second-order valence-electron chi connectivity index (χ2n) is 4.42. The van der Waals surface area contributed by atoms with E-state index in [1.165, 1.54) is 6.07 Å². The molecule has 1 aliphatic heterocycles. The first-order chi connectivity index (χ1) is 7.65. The van der Waals surface area contributed by atoms with Crippen LogP contribution in [0.3, 0.4) is 0 Å². The van der Waals surface area contributed by atoms with E-state index < -0.39 is 0 Å². The summed E-state index contributed by atoms with van der Waals surface area (Å²) in [5.41, 5.74) is 6.77. The van der Waals surface area contributed by atoms with Crippen LogP contribution in [0.4, 0.5) is 4.39 Å². The Hall–Kier alpha value is -0.450. The highest BCUT2D eigenvalue weighted by atomic mass is 79.9. The van der Waals surface area contributed by atoms with Gasteiger partial charge >= 0.3 is 0 Å². The standard InChI is InChI=1S/C12H15BrFNO/c13-11-2-1-10(14)5-9(11)6-12(7-15)3-4-16-8-12/h1-2,5H,3-4,6-8,15H2. The van der Waals surface area contributed by atoms with E-state index in [2.05, 4.69) is 15.9 Å². The van der Waals surface area contributed by atoms with E-state index in [4.69, 9.17) is 10.5 Å². The molecule has 4 heteroatoms. The first-order valence-electron chi connectivity index (χ1n) is 5.37. The predicted molar refractivity (Wildman–Crippen MR) is 64.7 cm³/mol. The van der Waals surface area contributed by atoms with Gasteiger partial charge in [-0.1, -0.05) is 15.9 Å². The van der Waals surface area contributed by atoms with Crippen LogP contribution in [0.1, 0.15) is 12.0 Å². The summed E-state index contributed by atoms with van der Waals surface area (Å²) >= 11 is 3.44. The molecular formula is C12H15BrFNO. The molecule has 0 bridgehead atoms. The number of rotatable bonds is 3. The van der Waals surface area contributed by atoms with Gasteiger partial charge in [0.05, 0.1) is 6.61 Å². The summed E-state index contributed by atoms with van der Waals surface area (Å²) in [6.07, 6.45) is 1.72. The second kappa shape index (κ2) is 4.82. The molecule has 2 rings (SSSR count). The van der Waals surface area contributed by atoms with Crippen molar-refractivity contribution in [3.05, 3.63) is 34.1 Å².